The van der Waals surface area contributed by atoms with Gasteiger partial charge in [0.25, 0.3) is 5.69 Å². The lowest BCUT2D eigenvalue weighted by Crippen LogP contribution is -2.57. The molecule has 3 aliphatic rings. The molecule has 27 heavy (non-hydrogen) atoms. The lowest BCUT2D eigenvalue weighted by molar-refractivity contribution is -0.384. The number of non-ortho nitro benzene ring substituents is 1. The van der Waals surface area contributed by atoms with Crippen molar-refractivity contribution >= 4 is 22.8 Å². The predicted molar refractivity (Wildman–Crippen MR) is 96.2 cm³/mol. The molecule has 3 saturated carbocycles. The predicted octanol–water partition coefficient (Wildman–Crippen LogP) is 3.12. The van der Waals surface area contributed by atoms with Gasteiger partial charge in [0.1, 0.15) is 12.6 Å². The van der Waals surface area contributed by atoms with E-state index < -0.39 is 16.6 Å². The van der Waals surface area contributed by atoms with Gasteiger partial charge in [-0.05, 0) is 42.1 Å². The molecule has 5 rings (SSSR count). The molecule has 1 aromatic carbocycles. The van der Waals surface area contributed by atoms with Crippen molar-refractivity contribution in [3.8, 4) is 0 Å². The monoisotopic (exact) mass is 374 g/mol. The number of benzene rings is 1. The van der Waals surface area contributed by atoms with Gasteiger partial charge in [-0.1, -0.05) is 20.8 Å². The zero-order valence-corrected chi connectivity index (χ0v) is 15.5. The minimum atomic E-state index is -0.733. The molecule has 0 N–H and O–H groups in total. The van der Waals surface area contributed by atoms with Crippen molar-refractivity contribution in [3.05, 3.63) is 38.9 Å². The number of fused-ring (bicyclic) bond motifs is 3. The highest BCUT2D eigenvalue weighted by molar-refractivity contribution is 5.78. The molecule has 4 unspecified atom stereocenters. The Kier molecular flexibility index (Phi) is 3.90. The molecular weight excluding hydrogens is 352 g/mol. The highest BCUT2D eigenvalue weighted by Gasteiger charge is 2.57. The van der Waals surface area contributed by atoms with Crippen molar-refractivity contribution in [3.63, 3.8) is 0 Å². The quantitative estimate of drug-likeness (QED) is 0.463. The van der Waals surface area contributed by atoms with Crippen molar-refractivity contribution in [1.29, 1.82) is 0 Å². The van der Waals surface area contributed by atoms with Crippen LogP contribution < -0.4 is 5.76 Å². The summed E-state index contributed by atoms with van der Waals surface area (Å²) in [6.07, 6.45) is 1.90. The van der Waals surface area contributed by atoms with E-state index in [1.165, 1.54) is 24.6 Å². The van der Waals surface area contributed by atoms with Crippen LogP contribution in [0, 0.1) is 33.3 Å². The van der Waals surface area contributed by atoms with Crippen molar-refractivity contribution < 1.29 is 18.9 Å². The molecular formula is C19H22N2O6. The number of carbonyl (C=O) groups excluding carboxylic acids is 1. The van der Waals surface area contributed by atoms with Crippen LogP contribution in [0.25, 0.3) is 11.1 Å². The summed E-state index contributed by atoms with van der Waals surface area (Å²) in [7, 11) is 0. The first kappa shape index (κ1) is 17.8. The van der Waals surface area contributed by atoms with E-state index in [4.69, 9.17) is 9.15 Å². The van der Waals surface area contributed by atoms with Gasteiger partial charge in [-0.3, -0.25) is 19.5 Å². The third-order valence-corrected chi connectivity index (χ3v) is 6.72. The molecule has 0 saturated heterocycles. The Hall–Kier alpha value is -2.64. The van der Waals surface area contributed by atoms with E-state index in [0.717, 1.165) is 11.0 Å². The zero-order chi connectivity index (χ0) is 19.5. The topological polar surface area (TPSA) is 105 Å². The second-order valence-electron chi connectivity index (χ2n) is 8.35. The van der Waals surface area contributed by atoms with Crippen LogP contribution in [0.1, 0.15) is 33.6 Å². The number of nitrogens with zero attached hydrogens (tertiary/aromatic N) is 2. The van der Waals surface area contributed by atoms with E-state index in [9.17, 15) is 19.7 Å². The summed E-state index contributed by atoms with van der Waals surface area (Å²) in [5, 5.41) is 10.8. The second kappa shape index (κ2) is 5.94. The summed E-state index contributed by atoms with van der Waals surface area (Å²) in [5.74, 6) is 0.174. The molecule has 8 heteroatoms. The van der Waals surface area contributed by atoms with Gasteiger partial charge in [0.2, 0.25) is 0 Å². The molecule has 3 fully saturated rings. The van der Waals surface area contributed by atoms with Crippen molar-refractivity contribution in [2.75, 3.05) is 0 Å². The minimum absolute atomic E-state index is 0.0797. The summed E-state index contributed by atoms with van der Waals surface area (Å²) >= 11 is 0. The molecule has 1 aromatic heterocycles. The number of carbonyl (C=O) groups is 1. The van der Waals surface area contributed by atoms with Crippen molar-refractivity contribution in [2.24, 2.45) is 23.2 Å². The Morgan fingerprint density at radius 3 is 2.78 bits per heavy atom. The highest BCUT2D eigenvalue weighted by atomic mass is 16.6. The maximum absolute atomic E-state index is 12.4. The Labute approximate surface area is 155 Å². The SMILES string of the molecule is CC1C(OC(=O)Cn2c(=O)oc3cc([N+](=O)[O-])ccc32)CC2CC1C2(C)C. The Morgan fingerprint density at radius 2 is 2.15 bits per heavy atom. The van der Waals surface area contributed by atoms with E-state index in [-0.39, 0.29) is 29.8 Å². The summed E-state index contributed by atoms with van der Waals surface area (Å²) < 4.78 is 11.9. The standard InChI is InChI=1S/C19H22N2O6/c1-10-13-6-11(19(13,2)3)7-15(10)26-17(22)9-20-14-5-4-12(21(24)25)8-16(14)27-18(20)23/h4-5,8,10-11,13,15H,6-7,9H2,1-3H3. The molecule has 4 atom stereocenters. The number of esters is 1. The van der Waals surface area contributed by atoms with E-state index in [1.54, 1.807) is 0 Å². The van der Waals surface area contributed by atoms with Crippen LogP contribution in [0.15, 0.2) is 27.4 Å². The first-order chi connectivity index (χ1) is 12.7. The third kappa shape index (κ3) is 2.74. The Balaban J connectivity index is 1.50. The molecule has 8 nitrogen and oxygen atoms in total. The fraction of sp³-hybridized carbons (Fsp3) is 0.579. The molecule has 2 aromatic rings. The number of ether oxygens (including phenoxy) is 1. The summed E-state index contributed by atoms with van der Waals surface area (Å²) in [5.41, 5.74) is 0.539. The van der Waals surface area contributed by atoms with Gasteiger partial charge in [0.15, 0.2) is 5.58 Å². The molecule has 1 heterocycles. The average Bonchev–Trinajstić information content (AvgIpc) is 2.90. The molecule has 0 radical (unpaired) electrons. The highest BCUT2D eigenvalue weighted by Crippen LogP contribution is 2.61. The maximum atomic E-state index is 12.4. The first-order valence-corrected chi connectivity index (χ1v) is 9.15. The normalized spacial score (nSPS) is 28.6. The van der Waals surface area contributed by atoms with Gasteiger partial charge < -0.3 is 9.15 Å². The molecule has 3 aliphatic carbocycles. The number of hydrogen-bond donors (Lipinski definition) is 0. The molecule has 144 valence electrons. The number of hydrogen-bond acceptors (Lipinski definition) is 6. The Bertz CT molecular complexity index is 988. The van der Waals surface area contributed by atoms with Gasteiger partial charge in [0, 0.05) is 6.07 Å². The number of aromatic nitrogens is 1. The van der Waals surface area contributed by atoms with Gasteiger partial charge in [0.05, 0.1) is 16.5 Å². The average molecular weight is 374 g/mol. The maximum Gasteiger partial charge on any atom is 0.420 e. The summed E-state index contributed by atoms with van der Waals surface area (Å²) in [4.78, 5) is 34.8. The van der Waals surface area contributed by atoms with E-state index >= 15 is 0 Å². The fourth-order valence-electron chi connectivity index (χ4n) is 4.91. The van der Waals surface area contributed by atoms with Gasteiger partial charge >= 0.3 is 11.7 Å². The molecule has 0 aliphatic heterocycles. The summed E-state index contributed by atoms with van der Waals surface area (Å²) in [6, 6.07) is 3.86. The molecule has 0 spiro atoms. The van der Waals surface area contributed by atoms with Gasteiger partial charge in [-0.2, -0.15) is 0 Å². The zero-order valence-electron chi connectivity index (χ0n) is 15.5. The number of rotatable bonds is 4. The van der Waals surface area contributed by atoms with Crippen LogP contribution in [-0.2, 0) is 16.1 Å². The lowest BCUT2D eigenvalue weighted by Gasteiger charge is -2.61. The van der Waals surface area contributed by atoms with Crippen LogP contribution in [-0.4, -0.2) is 21.6 Å². The molecule has 2 bridgehead atoms. The molecule has 0 amide bonds. The Morgan fingerprint density at radius 1 is 1.41 bits per heavy atom. The van der Waals surface area contributed by atoms with Crippen LogP contribution in [0.3, 0.4) is 0 Å². The van der Waals surface area contributed by atoms with Crippen molar-refractivity contribution in [2.45, 2.75) is 46.3 Å². The number of nitro groups is 1. The van der Waals surface area contributed by atoms with E-state index in [2.05, 4.69) is 20.8 Å². The number of oxazole rings is 1. The largest absolute Gasteiger partial charge is 0.461 e. The van der Waals surface area contributed by atoms with Gasteiger partial charge in [-0.25, -0.2) is 4.79 Å². The number of nitro benzene ring substituents is 1. The smallest absolute Gasteiger partial charge is 0.420 e. The van der Waals surface area contributed by atoms with E-state index in [0.29, 0.717) is 22.8 Å². The van der Waals surface area contributed by atoms with Crippen LogP contribution in [0.5, 0.6) is 0 Å². The van der Waals surface area contributed by atoms with Gasteiger partial charge in [-0.15, -0.1) is 0 Å². The third-order valence-electron chi connectivity index (χ3n) is 6.72. The minimum Gasteiger partial charge on any atom is -0.461 e. The van der Waals surface area contributed by atoms with Crippen LogP contribution in [0.2, 0.25) is 0 Å². The summed E-state index contributed by atoms with van der Waals surface area (Å²) in [6.45, 7) is 6.40. The second-order valence-corrected chi connectivity index (χ2v) is 8.35. The fourth-order valence-corrected chi connectivity index (χ4v) is 4.91. The van der Waals surface area contributed by atoms with E-state index in [1.807, 2.05) is 0 Å². The van der Waals surface area contributed by atoms with Crippen LogP contribution >= 0.6 is 0 Å². The lowest BCUT2D eigenvalue weighted by atomic mass is 9.45. The van der Waals surface area contributed by atoms with Crippen LogP contribution in [0.4, 0.5) is 5.69 Å². The first-order valence-electron chi connectivity index (χ1n) is 9.15. The van der Waals surface area contributed by atoms with Crippen molar-refractivity contribution in [1.82, 2.24) is 4.57 Å².